The van der Waals surface area contributed by atoms with Gasteiger partial charge in [0.1, 0.15) is 0 Å². The molecule has 0 heterocycles. The van der Waals surface area contributed by atoms with Crippen LogP contribution in [0.5, 0.6) is 0 Å². The molecule has 0 spiro atoms. The lowest BCUT2D eigenvalue weighted by Gasteiger charge is -2.22. The van der Waals surface area contributed by atoms with Crippen molar-refractivity contribution in [2.24, 2.45) is 11.3 Å². The molecule has 1 nitrogen and oxygen atoms in total. The van der Waals surface area contributed by atoms with E-state index in [2.05, 4.69) is 27.7 Å². The Labute approximate surface area is 88.6 Å². The summed E-state index contributed by atoms with van der Waals surface area (Å²) in [5.74, 6) is 0.892. The van der Waals surface area contributed by atoms with Crippen molar-refractivity contribution in [3.05, 3.63) is 12.2 Å². The van der Waals surface area contributed by atoms with E-state index in [-0.39, 0.29) is 5.78 Å². The first kappa shape index (κ1) is 13.4. The third-order valence-corrected chi connectivity index (χ3v) is 2.15. The lowest BCUT2D eigenvalue weighted by molar-refractivity contribution is -0.114. The Kier molecular flexibility index (Phi) is 5.75. The van der Waals surface area contributed by atoms with Crippen LogP contribution in [0.4, 0.5) is 0 Å². The van der Waals surface area contributed by atoms with Gasteiger partial charge >= 0.3 is 0 Å². The fraction of sp³-hybridized carbons (Fsp3) is 0.769. The molecule has 1 atom stereocenters. The molecule has 0 saturated heterocycles. The average molecular weight is 196 g/mol. The molecule has 0 aliphatic carbocycles. The summed E-state index contributed by atoms with van der Waals surface area (Å²) in [6.45, 7) is 10.9. The first-order valence-electron chi connectivity index (χ1n) is 5.54. The maximum Gasteiger partial charge on any atom is 0.155 e. The van der Waals surface area contributed by atoms with Gasteiger partial charge in [-0.3, -0.25) is 4.79 Å². The Bertz CT molecular complexity index is 196. The van der Waals surface area contributed by atoms with Gasteiger partial charge in [0, 0.05) is 6.42 Å². The summed E-state index contributed by atoms with van der Waals surface area (Å²) in [4.78, 5) is 11.0. The van der Waals surface area contributed by atoms with Gasteiger partial charge in [-0.05, 0) is 30.3 Å². The summed E-state index contributed by atoms with van der Waals surface area (Å²) in [6.07, 6.45) is 6.58. The van der Waals surface area contributed by atoms with Crippen LogP contribution in [-0.2, 0) is 4.79 Å². The van der Waals surface area contributed by atoms with Crippen molar-refractivity contribution < 1.29 is 4.79 Å². The zero-order valence-corrected chi connectivity index (χ0v) is 10.3. The van der Waals surface area contributed by atoms with Crippen LogP contribution in [0.15, 0.2) is 12.2 Å². The van der Waals surface area contributed by atoms with Gasteiger partial charge in [-0.15, -0.1) is 0 Å². The normalized spacial score (nSPS) is 14.6. The molecule has 0 aromatic carbocycles. The summed E-state index contributed by atoms with van der Waals surface area (Å²) in [6, 6.07) is 0. The van der Waals surface area contributed by atoms with Gasteiger partial charge in [0.25, 0.3) is 0 Å². The quantitative estimate of drug-likeness (QED) is 0.608. The highest BCUT2D eigenvalue weighted by Gasteiger charge is 2.13. The maximum atomic E-state index is 11.0. The molecule has 0 saturated carbocycles. The molecule has 0 amide bonds. The van der Waals surface area contributed by atoms with Gasteiger partial charge in [0.15, 0.2) is 5.78 Å². The van der Waals surface area contributed by atoms with E-state index in [1.54, 1.807) is 6.08 Å². The fourth-order valence-electron chi connectivity index (χ4n) is 1.68. The maximum absolute atomic E-state index is 11.0. The van der Waals surface area contributed by atoms with E-state index < -0.39 is 0 Å². The minimum Gasteiger partial charge on any atom is -0.295 e. The molecule has 14 heavy (non-hydrogen) atoms. The molecule has 1 unspecified atom stereocenters. The predicted molar refractivity (Wildman–Crippen MR) is 62.3 cm³/mol. The second-order valence-corrected chi connectivity index (χ2v) is 5.33. The van der Waals surface area contributed by atoms with Gasteiger partial charge in [-0.25, -0.2) is 0 Å². The molecular formula is C13H24O. The molecule has 0 aromatic heterocycles. The van der Waals surface area contributed by atoms with Crippen LogP contribution in [0.1, 0.15) is 53.9 Å². The molecule has 0 aliphatic heterocycles. The van der Waals surface area contributed by atoms with Crippen molar-refractivity contribution in [3.63, 3.8) is 0 Å². The monoisotopic (exact) mass is 196 g/mol. The van der Waals surface area contributed by atoms with Crippen LogP contribution < -0.4 is 0 Å². The van der Waals surface area contributed by atoms with Crippen molar-refractivity contribution in [3.8, 4) is 0 Å². The Morgan fingerprint density at radius 3 is 2.36 bits per heavy atom. The predicted octanol–water partition coefficient (Wildman–Crippen LogP) is 3.98. The highest BCUT2D eigenvalue weighted by Crippen LogP contribution is 2.25. The number of hydrogen-bond acceptors (Lipinski definition) is 1. The van der Waals surface area contributed by atoms with Crippen LogP contribution in [-0.4, -0.2) is 5.78 Å². The van der Waals surface area contributed by atoms with Crippen molar-refractivity contribution in [2.45, 2.75) is 53.9 Å². The molecular weight excluding hydrogens is 172 g/mol. The first-order valence-corrected chi connectivity index (χ1v) is 5.54. The van der Waals surface area contributed by atoms with Crippen LogP contribution in [0, 0.1) is 11.3 Å². The lowest BCUT2D eigenvalue weighted by Crippen LogP contribution is -2.10. The fourth-order valence-corrected chi connectivity index (χ4v) is 1.68. The van der Waals surface area contributed by atoms with E-state index in [0.717, 1.165) is 6.42 Å². The Morgan fingerprint density at radius 1 is 1.36 bits per heavy atom. The van der Waals surface area contributed by atoms with Gasteiger partial charge in [-0.1, -0.05) is 40.7 Å². The zero-order chi connectivity index (χ0) is 11.2. The summed E-state index contributed by atoms with van der Waals surface area (Å²) in [7, 11) is 0. The number of ketones is 1. The zero-order valence-electron chi connectivity index (χ0n) is 10.3. The lowest BCUT2D eigenvalue weighted by atomic mass is 9.84. The average Bonchev–Trinajstić information content (AvgIpc) is 2.00. The SMILES string of the molecule is CCC(=O)/C=C/CC(C)CC(C)(C)C. The van der Waals surface area contributed by atoms with E-state index >= 15 is 0 Å². The second kappa shape index (κ2) is 6.00. The highest BCUT2D eigenvalue weighted by molar-refractivity contribution is 5.89. The molecule has 0 bridgehead atoms. The van der Waals surface area contributed by atoms with Gasteiger partial charge in [-0.2, -0.15) is 0 Å². The smallest absolute Gasteiger partial charge is 0.155 e. The number of carbonyl (C=O) groups is 1. The molecule has 0 aromatic rings. The number of allylic oxidation sites excluding steroid dienone is 2. The highest BCUT2D eigenvalue weighted by atomic mass is 16.1. The third kappa shape index (κ3) is 8.03. The minimum atomic E-state index is 0.230. The van der Waals surface area contributed by atoms with Crippen molar-refractivity contribution >= 4 is 5.78 Å². The number of hydrogen-bond donors (Lipinski definition) is 0. The van der Waals surface area contributed by atoms with E-state index in [9.17, 15) is 4.79 Å². The summed E-state index contributed by atoms with van der Waals surface area (Å²) in [5, 5.41) is 0. The van der Waals surface area contributed by atoms with Gasteiger partial charge < -0.3 is 0 Å². The Balaban J connectivity index is 3.80. The van der Waals surface area contributed by atoms with E-state index in [4.69, 9.17) is 0 Å². The summed E-state index contributed by atoms with van der Waals surface area (Å²) < 4.78 is 0. The van der Waals surface area contributed by atoms with Gasteiger partial charge in [0.2, 0.25) is 0 Å². The van der Waals surface area contributed by atoms with Crippen molar-refractivity contribution in [2.75, 3.05) is 0 Å². The molecule has 0 aliphatic rings. The van der Waals surface area contributed by atoms with Crippen LogP contribution in [0.25, 0.3) is 0 Å². The first-order chi connectivity index (χ1) is 6.35. The van der Waals surface area contributed by atoms with Crippen LogP contribution in [0.2, 0.25) is 0 Å². The second-order valence-electron chi connectivity index (χ2n) is 5.33. The molecule has 0 radical (unpaired) electrons. The summed E-state index contributed by atoms with van der Waals surface area (Å²) >= 11 is 0. The molecule has 0 rings (SSSR count). The Hall–Kier alpha value is -0.590. The largest absolute Gasteiger partial charge is 0.295 e. The van der Waals surface area contributed by atoms with E-state index in [1.165, 1.54) is 6.42 Å². The molecule has 1 heteroatoms. The summed E-state index contributed by atoms with van der Waals surface area (Å²) in [5.41, 5.74) is 0.391. The topological polar surface area (TPSA) is 17.1 Å². The van der Waals surface area contributed by atoms with Crippen molar-refractivity contribution in [1.82, 2.24) is 0 Å². The standard InChI is InChI=1S/C13H24O/c1-6-12(14)9-7-8-11(2)10-13(3,4)5/h7,9,11H,6,8,10H2,1-5H3/b9-7+. The van der Waals surface area contributed by atoms with Crippen molar-refractivity contribution in [1.29, 1.82) is 0 Å². The number of rotatable bonds is 5. The van der Waals surface area contributed by atoms with E-state index in [0.29, 0.717) is 17.8 Å². The number of carbonyl (C=O) groups excluding carboxylic acids is 1. The molecule has 0 fully saturated rings. The molecule has 82 valence electrons. The van der Waals surface area contributed by atoms with Crippen LogP contribution in [0.3, 0.4) is 0 Å². The van der Waals surface area contributed by atoms with Crippen LogP contribution >= 0.6 is 0 Å². The van der Waals surface area contributed by atoms with Gasteiger partial charge in [0.05, 0.1) is 0 Å². The third-order valence-electron chi connectivity index (χ3n) is 2.15. The minimum absolute atomic E-state index is 0.230. The van der Waals surface area contributed by atoms with E-state index in [1.807, 2.05) is 13.0 Å². The molecule has 0 N–H and O–H groups in total. The Morgan fingerprint density at radius 2 is 1.93 bits per heavy atom.